The fourth-order valence-electron chi connectivity index (χ4n) is 1.96. The van der Waals surface area contributed by atoms with Gasteiger partial charge in [0.25, 0.3) is 11.8 Å². The molecule has 26 heavy (non-hydrogen) atoms. The first-order valence-corrected chi connectivity index (χ1v) is 7.13. The van der Waals surface area contributed by atoms with Crippen molar-refractivity contribution in [2.24, 2.45) is 5.84 Å². The molecule has 6 N–H and O–H groups in total. The highest BCUT2D eigenvalue weighted by atomic mass is 16.3. The standard InChI is InChI=1S/C16H14N4O6/c17-18-14(24)16(26)20(15(25)10-6-2-4-8-12(10)22)19-13(23)9-5-1-3-7-11(9)21/h1-8,21-22H,17H2,(H,18,24)(H,19,23). The van der Waals surface area contributed by atoms with Crippen LogP contribution >= 0.6 is 0 Å². The van der Waals surface area contributed by atoms with E-state index >= 15 is 0 Å². The van der Waals surface area contributed by atoms with E-state index in [1.54, 1.807) is 5.43 Å². The summed E-state index contributed by atoms with van der Waals surface area (Å²) in [6, 6.07) is 10.6. The number of imide groups is 1. The van der Waals surface area contributed by atoms with Crippen molar-refractivity contribution in [3.63, 3.8) is 0 Å². The summed E-state index contributed by atoms with van der Waals surface area (Å²) >= 11 is 0. The zero-order valence-electron chi connectivity index (χ0n) is 13.2. The lowest BCUT2D eigenvalue weighted by molar-refractivity contribution is -0.145. The number of hydrogen-bond donors (Lipinski definition) is 5. The van der Waals surface area contributed by atoms with Crippen LogP contribution in [0, 0.1) is 0 Å². The first-order valence-electron chi connectivity index (χ1n) is 7.13. The Kier molecular flexibility index (Phi) is 5.50. The van der Waals surface area contributed by atoms with Gasteiger partial charge in [-0.15, -0.1) is 0 Å². The summed E-state index contributed by atoms with van der Waals surface area (Å²) in [5.74, 6) is -1.09. The van der Waals surface area contributed by atoms with Gasteiger partial charge in [-0.2, -0.15) is 5.01 Å². The van der Waals surface area contributed by atoms with Gasteiger partial charge in [-0.05, 0) is 24.3 Å². The first-order chi connectivity index (χ1) is 12.4. The van der Waals surface area contributed by atoms with Gasteiger partial charge >= 0.3 is 11.8 Å². The highest BCUT2D eigenvalue weighted by Crippen LogP contribution is 2.19. The van der Waals surface area contributed by atoms with E-state index in [0.29, 0.717) is 0 Å². The number of para-hydroxylation sites is 2. The molecule has 0 atom stereocenters. The first kappa shape index (κ1) is 18.4. The summed E-state index contributed by atoms with van der Waals surface area (Å²) < 4.78 is 0. The van der Waals surface area contributed by atoms with Gasteiger partial charge in [0.2, 0.25) is 0 Å². The summed E-state index contributed by atoms with van der Waals surface area (Å²) in [5, 5.41) is 19.6. The summed E-state index contributed by atoms with van der Waals surface area (Å²) in [5.41, 5.74) is 2.88. The molecule has 2 aromatic rings. The molecule has 0 aliphatic heterocycles. The van der Waals surface area contributed by atoms with Gasteiger partial charge in [0.05, 0.1) is 11.1 Å². The molecule has 2 rings (SSSR count). The Balaban J connectivity index is 2.39. The Morgan fingerprint density at radius 2 is 1.35 bits per heavy atom. The Bertz CT molecular complexity index is 883. The zero-order chi connectivity index (χ0) is 19.3. The predicted molar refractivity (Wildman–Crippen MR) is 87.2 cm³/mol. The lowest BCUT2D eigenvalue weighted by atomic mass is 10.1. The van der Waals surface area contributed by atoms with E-state index in [0.717, 1.165) is 0 Å². The average Bonchev–Trinajstić information content (AvgIpc) is 2.65. The highest BCUT2D eigenvalue weighted by molar-refractivity contribution is 6.38. The number of aromatic hydroxyl groups is 2. The van der Waals surface area contributed by atoms with Crippen molar-refractivity contribution in [3.8, 4) is 11.5 Å². The number of nitrogens with two attached hydrogens (primary N) is 1. The van der Waals surface area contributed by atoms with Gasteiger partial charge in [0.15, 0.2) is 0 Å². The molecular weight excluding hydrogens is 344 g/mol. The molecule has 0 aliphatic rings. The second-order valence-electron chi connectivity index (χ2n) is 4.89. The van der Waals surface area contributed by atoms with Crippen molar-refractivity contribution >= 4 is 23.6 Å². The van der Waals surface area contributed by atoms with Crippen LogP contribution in [0.1, 0.15) is 20.7 Å². The zero-order valence-corrected chi connectivity index (χ0v) is 13.2. The van der Waals surface area contributed by atoms with Gasteiger partial charge in [-0.1, -0.05) is 24.3 Å². The van der Waals surface area contributed by atoms with Gasteiger partial charge in [-0.3, -0.25) is 30.0 Å². The molecule has 10 nitrogen and oxygen atoms in total. The van der Waals surface area contributed by atoms with Gasteiger partial charge in [0.1, 0.15) is 11.5 Å². The van der Waals surface area contributed by atoms with Crippen molar-refractivity contribution in [1.82, 2.24) is 15.9 Å². The Morgan fingerprint density at radius 1 is 0.846 bits per heavy atom. The number of nitrogens with zero attached hydrogens (tertiary/aromatic N) is 1. The average molecular weight is 358 g/mol. The second kappa shape index (κ2) is 7.77. The molecule has 0 saturated carbocycles. The fraction of sp³-hybridized carbons (Fsp3) is 0. The van der Waals surface area contributed by atoms with Gasteiger partial charge in [0, 0.05) is 0 Å². The molecule has 134 valence electrons. The second-order valence-corrected chi connectivity index (χ2v) is 4.89. The van der Waals surface area contributed by atoms with Crippen molar-refractivity contribution in [1.29, 1.82) is 0 Å². The number of carbonyl (C=O) groups excluding carboxylic acids is 4. The molecule has 0 aliphatic carbocycles. The van der Waals surface area contributed by atoms with E-state index in [9.17, 15) is 29.4 Å². The molecule has 0 aromatic heterocycles. The van der Waals surface area contributed by atoms with E-state index in [1.807, 2.05) is 5.43 Å². The molecule has 4 amide bonds. The fourth-order valence-corrected chi connectivity index (χ4v) is 1.96. The molecule has 0 unspecified atom stereocenters. The molecule has 0 radical (unpaired) electrons. The lowest BCUT2D eigenvalue weighted by Gasteiger charge is -2.21. The Hall–Kier alpha value is -3.92. The van der Waals surface area contributed by atoms with Gasteiger partial charge < -0.3 is 10.2 Å². The van der Waals surface area contributed by atoms with E-state index in [-0.39, 0.29) is 16.1 Å². The molecule has 0 fully saturated rings. The number of rotatable bonds is 2. The number of hydrogen-bond acceptors (Lipinski definition) is 7. The largest absolute Gasteiger partial charge is 0.507 e. The van der Waals surface area contributed by atoms with Crippen LogP contribution in [0.4, 0.5) is 0 Å². The lowest BCUT2D eigenvalue weighted by Crippen LogP contribution is -2.55. The molecule has 0 spiro atoms. The topological polar surface area (TPSA) is 162 Å². The van der Waals surface area contributed by atoms with Crippen LogP contribution in [-0.4, -0.2) is 38.9 Å². The maximum absolute atomic E-state index is 12.5. The quantitative estimate of drug-likeness (QED) is 0.207. The van der Waals surface area contributed by atoms with Crippen LogP contribution in [-0.2, 0) is 9.59 Å². The Morgan fingerprint density at radius 3 is 1.85 bits per heavy atom. The summed E-state index contributed by atoms with van der Waals surface area (Å²) in [4.78, 5) is 48.4. The van der Waals surface area contributed by atoms with Crippen LogP contribution in [0.3, 0.4) is 0 Å². The molecule has 2 aromatic carbocycles. The SMILES string of the molecule is NNC(=O)C(=O)N(NC(=O)c1ccccc1O)C(=O)c1ccccc1O. The van der Waals surface area contributed by atoms with E-state index in [1.165, 1.54) is 48.5 Å². The number of benzene rings is 2. The summed E-state index contributed by atoms with van der Waals surface area (Å²) in [6.45, 7) is 0. The normalized spacial score (nSPS) is 9.88. The van der Waals surface area contributed by atoms with Crippen molar-refractivity contribution in [3.05, 3.63) is 59.7 Å². The summed E-state index contributed by atoms with van der Waals surface area (Å²) in [7, 11) is 0. The molecule has 0 bridgehead atoms. The molecule has 0 saturated heterocycles. The number of nitrogens with one attached hydrogen (secondary N) is 2. The molecule has 10 heteroatoms. The minimum atomic E-state index is -1.50. The van der Waals surface area contributed by atoms with Crippen LogP contribution in [0.15, 0.2) is 48.5 Å². The van der Waals surface area contributed by atoms with E-state index in [4.69, 9.17) is 5.84 Å². The third-order valence-electron chi connectivity index (χ3n) is 3.23. The smallest absolute Gasteiger partial charge is 0.339 e. The number of hydrazine groups is 2. The highest BCUT2D eigenvalue weighted by Gasteiger charge is 2.31. The van der Waals surface area contributed by atoms with Gasteiger partial charge in [-0.25, -0.2) is 5.84 Å². The van der Waals surface area contributed by atoms with Crippen molar-refractivity contribution < 1.29 is 29.4 Å². The monoisotopic (exact) mass is 358 g/mol. The summed E-state index contributed by atoms with van der Waals surface area (Å²) in [6.07, 6.45) is 0. The maximum Gasteiger partial charge on any atom is 0.339 e. The third kappa shape index (κ3) is 3.76. The number of carbonyl (C=O) groups is 4. The number of phenolic OH excluding ortho intramolecular Hbond substituents is 2. The number of phenols is 2. The predicted octanol–water partition coefficient (Wildman–Crippen LogP) is -0.599. The van der Waals surface area contributed by atoms with Crippen LogP contribution in [0.5, 0.6) is 11.5 Å². The van der Waals surface area contributed by atoms with Crippen LogP contribution in [0.2, 0.25) is 0 Å². The van der Waals surface area contributed by atoms with Crippen molar-refractivity contribution in [2.45, 2.75) is 0 Å². The minimum absolute atomic E-state index is 0.0893. The van der Waals surface area contributed by atoms with Crippen LogP contribution in [0.25, 0.3) is 0 Å². The minimum Gasteiger partial charge on any atom is -0.507 e. The van der Waals surface area contributed by atoms with Crippen LogP contribution < -0.4 is 16.7 Å². The number of amides is 4. The van der Waals surface area contributed by atoms with E-state index < -0.39 is 35.1 Å². The third-order valence-corrected chi connectivity index (χ3v) is 3.23. The Labute approximate surface area is 146 Å². The molecule has 0 heterocycles. The maximum atomic E-state index is 12.5. The van der Waals surface area contributed by atoms with Crippen molar-refractivity contribution in [2.75, 3.05) is 0 Å². The van der Waals surface area contributed by atoms with E-state index in [2.05, 4.69) is 0 Å². The molecular formula is C16H14N4O6.